The molecule has 0 N–H and O–H groups in total. The van der Waals surface area contributed by atoms with Crippen molar-refractivity contribution >= 4 is 11.6 Å². The molecule has 1 saturated heterocycles. The molecule has 1 aliphatic heterocycles. The van der Waals surface area contributed by atoms with Crippen LogP contribution in [-0.4, -0.2) is 52.2 Å². The minimum absolute atomic E-state index is 0.175. The van der Waals surface area contributed by atoms with E-state index in [1.165, 1.54) is 0 Å². The second-order valence-electron chi connectivity index (χ2n) is 4.66. The van der Waals surface area contributed by atoms with Crippen molar-refractivity contribution in [3.05, 3.63) is 18.2 Å². The summed E-state index contributed by atoms with van der Waals surface area (Å²) in [5.41, 5.74) is 0. The maximum atomic E-state index is 5.85. The summed E-state index contributed by atoms with van der Waals surface area (Å²) in [7, 11) is 2.03. The van der Waals surface area contributed by atoms with E-state index >= 15 is 0 Å². The molecule has 0 spiro atoms. The molecular formula is C12H20ClN3O. The van der Waals surface area contributed by atoms with Crippen molar-refractivity contribution < 1.29 is 4.74 Å². The lowest BCUT2D eigenvalue weighted by Crippen LogP contribution is -2.49. The molecule has 4 nitrogen and oxygen atoms in total. The largest absolute Gasteiger partial charge is 0.374 e. The quantitative estimate of drug-likeness (QED) is 0.762. The second kappa shape index (κ2) is 5.85. The number of nitrogens with zero attached hydrogens (tertiary/aromatic N) is 3. The smallest absolute Gasteiger partial charge is 0.109 e. The van der Waals surface area contributed by atoms with Crippen LogP contribution in [0.15, 0.2) is 12.4 Å². The fraction of sp³-hybridized carbons (Fsp3) is 0.750. The Kier molecular flexibility index (Phi) is 4.42. The van der Waals surface area contributed by atoms with Crippen molar-refractivity contribution in [2.75, 3.05) is 25.6 Å². The Morgan fingerprint density at radius 3 is 3.06 bits per heavy atom. The van der Waals surface area contributed by atoms with Crippen LogP contribution in [0.2, 0.25) is 0 Å². The molecule has 2 rings (SSSR count). The standard InChI is InChI=1S/C12H20ClN3O/c1-10-9-17-11(7-13)8-16(10)5-3-12-14-4-6-15(12)2/h4,6,10-11H,3,5,7-9H2,1-2H3. The average Bonchev–Trinajstić information content (AvgIpc) is 2.74. The Bertz CT molecular complexity index is 355. The molecule has 2 atom stereocenters. The Morgan fingerprint density at radius 1 is 1.59 bits per heavy atom. The topological polar surface area (TPSA) is 30.3 Å². The molecule has 1 fully saturated rings. The van der Waals surface area contributed by atoms with Gasteiger partial charge in [-0.3, -0.25) is 4.90 Å². The van der Waals surface area contributed by atoms with Crippen LogP contribution in [0, 0.1) is 0 Å². The van der Waals surface area contributed by atoms with Gasteiger partial charge in [0.05, 0.1) is 12.7 Å². The van der Waals surface area contributed by atoms with Crippen LogP contribution in [0.3, 0.4) is 0 Å². The predicted molar refractivity (Wildman–Crippen MR) is 68.4 cm³/mol. The minimum Gasteiger partial charge on any atom is -0.374 e. The number of ether oxygens (including phenoxy) is 1. The first-order valence-electron chi connectivity index (χ1n) is 6.08. The number of aromatic nitrogens is 2. The second-order valence-corrected chi connectivity index (χ2v) is 4.97. The molecule has 0 amide bonds. The highest BCUT2D eigenvalue weighted by Gasteiger charge is 2.25. The van der Waals surface area contributed by atoms with Crippen molar-refractivity contribution in [2.24, 2.45) is 7.05 Å². The number of morpholine rings is 1. The van der Waals surface area contributed by atoms with E-state index in [0.717, 1.165) is 31.9 Å². The molecule has 2 heterocycles. The average molecular weight is 258 g/mol. The SMILES string of the molecule is CC1COC(CCl)CN1CCc1nccn1C. The first kappa shape index (κ1) is 12.9. The number of hydrogen-bond acceptors (Lipinski definition) is 3. The summed E-state index contributed by atoms with van der Waals surface area (Å²) < 4.78 is 7.71. The van der Waals surface area contributed by atoms with E-state index in [0.29, 0.717) is 11.9 Å². The van der Waals surface area contributed by atoms with E-state index < -0.39 is 0 Å². The summed E-state index contributed by atoms with van der Waals surface area (Å²) in [4.78, 5) is 6.78. The predicted octanol–water partition coefficient (Wildman–Crippen LogP) is 1.29. The highest BCUT2D eigenvalue weighted by atomic mass is 35.5. The first-order chi connectivity index (χ1) is 8.20. The lowest BCUT2D eigenvalue weighted by molar-refractivity contribution is -0.0473. The summed E-state index contributed by atoms with van der Waals surface area (Å²) in [5.74, 6) is 1.71. The van der Waals surface area contributed by atoms with Gasteiger partial charge in [0.2, 0.25) is 0 Å². The van der Waals surface area contributed by atoms with E-state index in [4.69, 9.17) is 16.3 Å². The molecule has 0 aromatic carbocycles. The summed E-state index contributed by atoms with van der Waals surface area (Å²) in [6.45, 7) is 4.92. The number of rotatable bonds is 4. The van der Waals surface area contributed by atoms with Gasteiger partial charge in [-0.2, -0.15) is 0 Å². The molecule has 0 radical (unpaired) electrons. The lowest BCUT2D eigenvalue weighted by Gasteiger charge is -2.37. The van der Waals surface area contributed by atoms with Crippen LogP contribution in [0.25, 0.3) is 0 Å². The Balaban J connectivity index is 1.87. The summed E-state index contributed by atoms with van der Waals surface area (Å²) in [6, 6.07) is 0.467. The highest BCUT2D eigenvalue weighted by molar-refractivity contribution is 6.18. The van der Waals surface area contributed by atoms with Gasteiger partial charge in [0, 0.05) is 50.9 Å². The molecule has 1 aromatic heterocycles. The number of aryl methyl sites for hydroxylation is 1. The summed E-state index contributed by atoms with van der Waals surface area (Å²) in [5, 5.41) is 0. The molecule has 17 heavy (non-hydrogen) atoms. The van der Waals surface area contributed by atoms with Crippen molar-refractivity contribution in [2.45, 2.75) is 25.5 Å². The third-order valence-corrected chi connectivity index (χ3v) is 3.69. The molecule has 1 aliphatic rings. The maximum Gasteiger partial charge on any atom is 0.109 e. The van der Waals surface area contributed by atoms with Crippen LogP contribution in [0.5, 0.6) is 0 Å². The monoisotopic (exact) mass is 257 g/mol. The van der Waals surface area contributed by atoms with E-state index in [9.17, 15) is 0 Å². The Hall–Kier alpha value is -0.580. The number of halogens is 1. The first-order valence-corrected chi connectivity index (χ1v) is 6.62. The zero-order chi connectivity index (χ0) is 12.3. The van der Waals surface area contributed by atoms with Gasteiger partial charge in [0.25, 0.3) is 0 Å². The van der Waals surface area contributed by atoms with Crippen LogP contribution in [-0.2, 0) is 18.2 Å². The van der Waals surface area contributed by atoms with Gasteiger partial charge in [-0.15, -0.1) is 11.6 Å². The molecular weight excluding hydrogens is 238 g/mol. The fourth-order valence-electron chi connectivity index (χ4n) is 2.16. The molecule has 5 heteroatoms. The number of alkyl halides is 1. The summed E-state index contributed by atoms with van der Waals surface area (Å²) in [6.07, 6.45) is 4.98. The van der Waals surface area contributed by atoms with Gasteiger partial charge in [-0.05, 0) is 6.92 Å². The van der Waals surface area contributed by atoms with Gasteiger partial charge in [-0.25, -0.2) is 4.98 Å². The number of hydrogen-bond donors (Lipinski definition) is 0. The Morgan fingerprint density at radius 2 is 2.41 bits per heavy atom. The fourth-order valence-corrected chi connectivity index (χ4v) is 2.35. The number of imidazole rings is 1. The maximum absolute atomic E-state index is 5.85. The van der Waals surface area contributed by atoms with E-state index in [-0.39, 0.29) is 6.10 Å². The van der Waals surface area contributed by atoms with Crippen LogP contribution < -0.4 is 0 Å². The van der Waals surface area contributed by atoms with Crippen molar-refractivity contribution in [3.63, 3.8) is 0 Å². The van der Waals surface area contributed by atoms with E-state index in [1.807, 2.05) is 19.4 Å². The Labute approximate surface area is 108 Å². The normalized spacial score (nSPS) is 26.3. The van der Waals surface area contributed by atoms with Crippen LogP contribution in [0.1, 0.15) is 12.7 Å². The lowest BCUT2D eigenvalue weighted by atomic mass is 10.2. The van der Waals surface area contributed by atoms with Gasteiger partial charge in [-0.1, -0.05) is 0 Å². The molecule has 0 aliphatic carbocycles. The highest BCUT2D eigenvalue weighted by Crippen LogP contribution is 2.13. The molecule has 96 valence electrons. The van der Waals surface area contributed by atoms with Crippen molar-refractivity contribution in [3.8, 4) is 0 Å². The molecule has 0 saturated carbocycles. The van der Waals surface area contributed by atoms with Crippen molar-refractivity contribution in [1.29, 1.82) is 0 Å². The third kappa shape index (κ3) is 3.21. The van der Waals surface area contributed by atoms with Gasteiger partial charge in [0.1, 0.15) is 5.82 Å². The minimum atomic E-state index is 0.175. The summed E-state index contributed by atoms with van der Waals surface area (Å²) >= 11 is 5.85. The van der Waals surface area contributed by atoms with Gasteiger partial charge < -0.3 is 9.30 Å². The van der Waals surface area contributed by atoms with Crippen LogP contribution in [0.4, 0.5) is 0 Å². The zero-order valence-electron chi connectivity index (χ0n) is 10.5. The molecule has 1 aromatic rings. The van der Waals surface area contributed by atoms with Gasteiger partial charge in [0.15, 0.2) is 0 Å². The molecule has 0 bridgehead atoms. The van der Waals surface area contributed by atoms with Crippen molar-refractivity contribution in [1.82, 2.24) is 14.5 Å². The van der Waals surface area contributed by atoms with E-state index in [2.05, 4.69) is 21.4 Å². The van der Waals surface area contributed by atoms with E-state index in [1.54, 1.807) is 0 Å². The third-order valence-electron chi connectivity index (χ3n) is 3.35. The van der Waals surface area contributed by atoms with Gasteiger partial charge >= 0.3 is 0 Å². The van der Waals surface area contributed by atoms with Crippen LogP contribution >= 0.6 is 11.6 Å². The molecule has 2 unspecified atom stereocenters. The zero-order valence-corrected chi connectivity index (χ0v) is 11.2.